The first-order valence-corrected chi connectivity index (χ1v) is 10.7. The van der Waals surface area contributed by atoms with Crippen molar-refractivity contribution in [3.63, 3.8) is 0 Å². The lowest BCUT2D eigenvalue weighted by Gasteiger charge is -2.43. The number of benzene rings is 1. The lowest BCUT2D eigenvalue weighted by molar-refractivity contribution is -0.164. The Balaban J connectivity index is 1.58. The van der Waals surface area contributed by atoms with E-state index in [1.807, 2.05) is 19.9 Å². The molecule has 2 fully saturated rings. The highest BCUT2D eigenvalue weighted by molar-refractivity contribution is 8.01. The number of hydrogen-bond acceptors (Lipinski definition) is 6. The number of nitrogens with one attached hydrogen (secondary N) is 1. The fraction of sp³-hybridized carbons (Fsp3) is 0.500. The zero-order valence-corrected chi connectivity index (χ0v) is 18.6. The minimum absolute atomic E-state index is 0.219. The van der Waals surface area contributed by atoms with E-state index in [1.165, 1.54) is 16.7 Å². The Morgan fingerprint density at radius 3 is 2.52 bits per heavy atom. The first kappa shape index (κ1) is 22.3. The molecule has 11 heteroatoms. The number of amides is 2. The van der Waals surface area contributed by atoms with Gasteiger partial charge in [0.1, 0.15) is 29.8 Å². The highest BCUT2D eigenvalue weighted by Crippen LogP contribution is 2.51. The number of β-lactam (4-membered cyclic amide) rings is 1. The lowest BCUT2D eigenvalue weighted by Crippen LogP contribution is -2.71. The maximum Gasteiger partial charge on any atom is 0.330 e. The summed E-state index contributed by atoms with van der Waals surface area (Å²) in [7, 11) is 0. The van der Waals surface area contributed by atoms with E-state index >= 15 is 0 Å². The van der Waals surface area contributed by atoms with Gasteiger partial charge in [-0.2, -0.15) is 0 Å². The van der Waals surface area contributed by atoms with Gasteiger partial charge in [0.2, 0.25) is 9.70 Å². The molecule has 2 heterocycles. The molecule has 2 saturated heterocycles. The van der Waals surface area contributed by atoms with Gasteiger partial charge in [0.05, 0.1) is 0 Å². The summed E-state index contributed by atoms with van der Waals surface area (Å²) in [4.78, 5) is 38.7. The topological polar surface area (TPSA) is 84.9 Å². The molecule has 3 rings (SSSR count). The minimum atomic E-state index is -1.74. The first-order chi connectivity index (χ1) is 13.5. The number of thioether (sulfide) groups is 1. The van der Waals surface area contributed by atoms with Gasteiger partial charge in [0.25, 0.3) is 5.91 Å². The standard InChI is InChI=1S/C18H19Cl3N2O5S/c1-17(2)13(16(26)28-9-18(19,20)21)23-14(25)12(15(23)29-17)22-11(24)8-27-10-6-4-3-5-7-10/h3-7,12-13,15H,8-9H2,1-2H3,(H,22,24). The molecule has 0 aromatic heterocycles. The van der Waals surface area contributed by atoms with Crippen molar-refractivity contribution >= 4 is 64.3 Å². The number of nitrogens with zero attached hydrogens (tertiary/aromatic N) is 1. The number of hydrogen-bond donors (Lipinski definition) is 1. The van der Waals surface area contributed by atoms with Gasteiger partial charge in [-0.25, -0.2) is 4.79 Å². The van der Waals surface area contributed by atoms with Crippen LogP contribution in [-0.4, -0.2) is 61.9 Å². The van der Waals surface area contributed by atoms with Crippen LogP contribution >= 0.6 is 46.6 Å². The van der Waals surface area contributed by atoms with E-state index in [0.29, 0.717) is 5.75 Å². The molecule has 1 aromatic carbocycles. The number of alkyl halides is 3. The second-order valence-corrected chi connectivity index (χ2v) is 11.4. The smallest absolute Gasteiger partial charge is 0.330 e. The third-order valence-electron chi connectivity index (χ3n) is 4.47. The van der Waals surface area contributed by atoms with E-state index in [1.54, 1.807) is 24.3 Å². The van der Waals surface area contributed by atoms with Crippen molar-refractivity contribution in [2.24, 2.45) is 0 Å². The lowest BCUT2D eigenvalue weighted by atomic mass is 9.96. The normalized spacial score (nSPS) is 25.1. The summed E-state index contributed by atoms with van der Waals surface area (Å²) in [5.41, 5.74) is 0. The van der Waals surface area contributed by atoms with Crippen LogP contribution in [0.5, 0.6) is 5.75 Å². The molecule has 2 amide bonds. The van der Waals surface area contributed by atoms with Crippen molar-refractivity contribution in [2.45, 2.75) is 39.8 Å². The maximum atomic E-state index is 12.6. The average Bonchev–Trinajstić information content (AvgIpc) is 2.91. The van der Waals surface area contributed by atoms with Crippen molar-refractivity contribution in [2.75, 3.05) is 13.2 Å². The van der Waals surface area contributed by atoms with Crippen molar-refractivity contribution < 1.29 is 23.9 Å². The molecule has 7 nitrogen and oxygen atoms in total. The second-order valence-electron chi connectivity index (χ2n) is 7.13. The van der Waals surface area contributed by atoms with Gasteiger partial charge in [-0.3, -0.25) is 9.59 Å². The van der Waals surface area contributed by atoms with Gasteiger partial charge >= 0.3 is 5.97 Å². The molecule has 0 bridgehead atoms. The minimum Gasteiger partial charge on any atom is -0.484 e. The van der Waals surface area contributed by atoms with Crippen molar-refractivity contribution in [1.29, 1.82) is 0 Å². The summed E-state index contributed by atoms with van der Waals surface area (Å²) in [6.07, 6.45) is 0. The molecule has 29 heavy (non-hydrogen) atoms. The van der Waals surface area contributed by atoms with Crippen LogP contribution < -0.4 is 10.1 Å². The molecular weight excluding hydrogens is 463 g/mol. The number of carbonyl (C=O) groups is 3. The van der Waals surface area contributed by atoms with Gasteiger partial charge < -0.3 is 19.7 Å². The molecule has 0 aliphatic carbocycles. The number of halogens is 3. The van der Waals surface area contributed by atoms with Crippen molar-refractivity contribution in [1.82, 2.24) is 10.2 Å². The summed E-state index contributed by atoms with van der Waals surface area (Å²) in [6.45, 7) is 3.00. The van der Waals surface area contributed by atoms with E-state index in [4.69, 9.17) is 44.3 Å². The molecule has 3 atom stereocenters. The summed E-state index contributed by atoms with van der Waals surface area (Å²) in [5.74, 6) is -0.885. The van der Waals surface area contributed by atoms with Crippen molar-refractivity contribution in [3.8, 4) is 5.75 Å². The van der Waals surface area contributed by atoms with Crippen LogP contribution in [0, 0.1) is 0 Å². The third-order valence-corrected chi connectivity index (χ3v) is 6.37. The Morgan fingerprint density at radius 1 is 1.24 bits per heavy atom. The predicted octanol–water partition coefficient (Wildman–Crippen LogP) is 2.53. The fourth-order valence-electron chi connectivity index (χ4n) is 3.24. The van der Waals surface area contributed by atoms with E-state index in [0.717, 1.165) is 0 Å². The summed E-state index contributed by atoms with van der Waals surface area (Å²) < 4.78 is 8.10. The summed E-state index contributed by atoms with van der Waals surface area (Å²) in [5, 5.41) is 2.28. The van der Waals surface area contributed by atoms with Crippen LogP contribution in [0.2, 0.25) is 0 Å². The van der Waals surface area contributed by atoms with E-state index in [-0.39, 0.29) is 17.9 Å². The molecule has 0 saturated carbocycles. The Bertz CT molecular complexity index is 802. The van der Waals surface area contributed by atoms with Crippen LogP contribution in [0.4, 0.5) is 0 Å². The number of carbonyl (C=O) groups excluding carboxylic acids is 3. The largest absolute Gasteiger partial charge is 0.484 e. The molecule has 2 aliphatic heterocycles. The van der Waals surface area contributed by atoms with Gasteiger partial charge in [-0.15, -0.1) is 11.8 Å². The van der Waals surface area contributed by atoms with Crippen LogP contribution in [-0.2, 0) is 19.1 Å². The quantitative estimate of drug-likeness (QED) is 0.382. The van der Waals surface area contributed by atoms with Crippen LogP contribution in [0.3, 0.4) is 0 Å². The van der Waals surface area contributed by atoms with Crippen molar-refractivity contribution in [3.05, 3.63) is 30.3 Å². The highest BCUT2D eigenvalue weighted by Gasteiger charge is 2.64. The third kappa shape index (κ3) is 5.05. The van der Waals surface area contributed by atoms with Gasteiger partial charge in [-0.1, -0.05) is 53.0 Å². The maximum absolute atomic E-state index is 12.6. The Hall–Kier alpha value is -1.35. The van der Waals surface area contributed by atoms with Crippen LogP contribution in [0.25, 0.3) is 0 Å². The zero-order valence-electron chi connectivity index (χ0n) is 15.6. The number of ether oxygens (including phenoxy) is 2. The molecular formula is C18H19Cl3N2O5S. The fourth-order valence-corrected chi connectivity index (χ4v) is 5.02. The Morgan fingerprint density at radius 2 is 1.90 bits per heavy atom. The van der Waals surface area contributed by atoms with Gasteiger partial charge in [0, 0.05) is 4.75 Å². The Labute approximate surface area is 187 Å². The average molecular weight is 482 g/mol. The Kier molecular flexibility index (Phi) is 6.48. The zero-order chi connectivity index (χ0) is 21.4. The number of fused-ring (bicyclic) bond motifs is 1. The van der Waals surface area contributed by atoms with Gasteiger partial charge in [-0.05, 0) is 26.0 Å². The van der Waals surface area contributed by atoms with E-state index < -0.39 is 39.1 Å². The molecule has 1 aromatic rings. The summed E-state index contributed by atoms with van der Waals surface area (Å²) in [6, 6.07) is 7.30. The van der Waals surface area contributed by atoms with E-state index in [9.17, 15) is 14.4 Å². The molecule has 2 aliphatic rings. The predicted molar refractivity (Wildman–Crippen MR) is 111 cm³/mol. The van der Waals surface area contributed by atoms with Crippen LogP contribution in [0.1, 0.15) is 13.8 Å². The van der Waals surface area contributed by atoms with Crippen LogP contribution in [0.15, 0.2) is 30.3 Å². The summed E-state index contributed by atoms with van der Waals surface area (Å²) >= 11 is 18.3. The monoisotopic (exact) mass is 480 g/mol. The molecule has 158 valence electrons. The number of esters is 1. The highest BCUT2D eigenvalue weighted by atomic mass is 35.6. The number of para-hydroxylation sites is 1. The van der Waals surface area contributed by atoms with Gasteiger partial charge in [0.15, 0.2) is 6.61 Å². The molecule has 1 N–H and O–H groups in total. The van der Waals surface area contributed by atoms with E-state index in [2.05, 4.69) is 5.32 Å². The second kappa shape index (κ2) is 8.41. The molecule has 0 spiro atoms. The SMILES string of the molecule is CC1(C)SC2C(NC(=O)COc3ccccc3)C(=O)N2C1C(=O)OCC(Cl)(Cl)Cl. The molecule has 0 radical (unpaired) electrons. The number of rotatable bonds is 6. The first-order valence-electron chi connectivity index (χ1n) is 8.70. The molecule has 3 unspecified atom stereocenters.